The van der Waals surface area contributed by atoms with Gasteiger partial charge in [-0.25, -0.2) is 15.0 Å². The lowest BCUT2D eigenvalue weighted by atomic mass is 10.1. The highest BCUT2D eigenvalue weighted by molar-refractivity contribution is 5.82. The molecule has 4 atom stereocenters. The van der Waals surface area contributed by atoms with E-state index in [1.165, 1.54) is 12.7 Å². The lowest BCUT2D eigenvalue weighted by molar-refractivity contribution is -0.0658. The molecule has 0 aromatic carbocycles. The Morgan fingerprint density at radius 3 is 2.83 bits per heavy atom. The van der Waals surface area contributed by atoms with Crippen LogP contribution in [0.5, 0.6) is 0 Å². The first kappa shape index (κ1) is 20.4. The second kappa shape index (κ2) is 9.26. The molecular weight excluding hydrogens is 385 g/mol. The van der Waals surface area contributed by atoms with E-state index in [1.807, 2.05) is 0 Å². The number of ether oxygens (including phenoxy) is 3. The van der Waals surface area contributed by atoms with Crippen LogP contribution in [0.2, 0.25) is 0 Å². The number of nitrogens with zero attached hydrogens (tertiary/aromatic N) is 4. The van der Waals surface area contributed by atoms with Crippen LogP contribution < -0.4 is 5.32 Å². The summed E-state index contributed by atoms with van der Waals surface area (Å²) in [5.41, 5.74) is 1.05. The molecule has 3 N–H and O–H groups in total. The minimum atomic E-state index is -1.18. The monoisotopic (exact) mass is 411 g/mol. The SMILES string of the molecule is O[C@@H]1[C@H](O)[C@@H](COCCCF)O[C@H]1n1cnc2c(NC3CCOCC3)ncnc21. The zero-order chi connectivity index (χ0) is 20.2. The van der Waals surface area contributed by atoms with E-state index in [2.05, 4.69) is 20.3 Å². The molecule has 0 radical (unpaired) electrons. The molecule has 0 aliphatic carbocycles. The summed E-state index contributed by atoms with van der Waals surface area (Å²) in [5, 5.41) is 24.2. The Morgan fingerprint density at radius 2 is 2.03 bits per heavy atom. The summed E-state index contributed by atoms with van der Waals surface area (Å²) in [5.74, 6) is 0.611. The number of alkyl halides is 1. The normalized spacial score (nSPS) is 28.2. The summed E-state index contributed by atoms with van der Waals surface area (Å²) in [7, 11) is 0. The first-order chi connectivity index (χ1) is 14.2. The Kier molecular flexibility index (Phi) is 6.50. The molecule has 160 valence electrons. The topological polar surface area (TPSA) is 124 Å². The maximum Gasteiger partial charge on any atom is 0.167 e. The summed E-state index contributed by atoms with van der Waals surface area (Å²) < 4.78 is 30.3. The fraction of sp³-hybridized carbons (Fsp3) is 0.722. The number of imidazole rings is 1. The van der Waals surface area contributed by atoms with Crippen LogP contribution in [0.15, 0.2) is 12.7 Å². The number of nitrogens with one attached hydrogen (secondary N) is 1. The lowest BCUT2D eigenvalue weighted by Gasteiger charge is -2.23. The molecule has 10 nitrogen and oxygen atoms in total. The molecule has 11 heteroatoms. The molecule has 4 heterocycles. The molecule has 2 aliphatic heterocycles. The van der Waals surface area contributed by atoms with Gasteiger partial charge in [0.05, 0.1) is 19.6 Å². The minimum absolute atomic E-state index is 0.0624. The van der Waals surface area contributed by atoms with Crippen molar-refractivity contribution < 1.29 is 28.8 Å². The standard InChI is InChI=1S/C18H26FN5O5/c19-4-1-5-28-8-12-14(25)15(26)18(29-12)24-10-22-13-16(20-9-21-17(13)24)23-11-2-6-27-7-3-11/h9-12,14-15,18,25-26H,1-8H2,(H,20,21,23)/t12-,14-,15-,18-/m1/s1. The van der Waals surface area contributed by atoms with Crippen molar-refractivity contribution in [1.82, 2.24) is 19.5 Å². The average Bonchev–Trinajstić information content (AvgIpc) is 3.29. The smallest absolute Gasteiger partial charge is 0.167 e. The third-order valence-corrected chi connectivity index (χ3v) is 5.24. The van der Waals surface area contributed by atoms with Gasteiger partial charge in [-0.3, -0.25) is 8.96 Å². The fourth-order valence-corrected chi connectivity index (χ4v) is 3.63. The van der Waals surface area contributed by atoms with Gasteiger partial charge in [-0.1, -0.05) is 0 Å². The third kappa shape index (κ3) is 4.33. The van der Waals surface area contributed by atoms with Gasteiger partial charge in [0.2, 0.25) is 0 Å². The fourth-order valence-electron chi connectivity index (χ4n) is 3.63. The molecule has 2 saturated heterocycles. The summed E-state index contributed by atoms with van der Waals surface area (Å²) in [4.78, 5) is 13.0. The van der Waals surface area contributed by atoms with Gasteiger partial charge in [0, 0.05) is 25.9 Å². The van der Waals surface area contributed by atoms with E-state index in [4.69, 9.17) is 14.2 Å². The molecule has 29 heavy (non-hydrogen) atoms. The Labute approximate surface area is 167 Å². The average molecular weight is 411 g/mol. The van der Waals surface area contributed by atoms with Crippen molar-refractivity contribution in [2.24, 2.45) is 0 Å². The number of hydrogen-bond donors (Lipinski definition) is 3. The second-order valence-electron chi connectivity index (χ2n) is 7.24. The largest absolute Gasteiger partial charge is 0.387 e. The van der Waals surface area contributed by atoms with Crippen molar-refractivity contribution in [2.45, 2.75) is 49.8 Å². The maximum absolute atomic E-state index is 12.2. The summed E-state index contributed by atoms with van der Waals surface area (Å²) in [6, 6.07) is 0.244. The van der Waals surface area contributed by atoms with Gasteiger partial charge in [0.25, 0.3) is 0 Å². The zero-order valence-corrected chi connectivity index (χ0v) is 16.0. The van der Waals surface area contributed by atoms with Crippen molar-refractivity contribution >= 4 is 17.0 Å². The highest BCUT2D eigenvalue weighted by Gasteiger charge is 2.44. The minimum Gasteiger partial charge on any atom is -0.387 e. The van der Waals surface area contributed by atoms with Crippen LogP contribution in [0.4, 0.5) is 10.2 Å². The number of rotatable bonds is 8. The highest BCUT2D eigenvalue weighted by atomic mass is 19.1. The second-order valence-corrected chi connectivity index (χ2v) is 7.24. The first-order valence-electron chi connectivity index (χ1n) is 9.86. The van der Waals surface area contributed by atoms with Crippen LogP contribution in [0.1, 0.15) is 25.5 Å². The van der Waals surface area contributed by atoms with Crippen molar-refractivity contribution in [3.63, 3.8) is 0 Å². The van der Waals surface area contributed by atoms with Gasteiger partial charge in [-0.2, -0.15) is 0 Å². The van der Waals surface area contributed by atoms with E-state index in [0.29, 0.717) is 30.2 Å². The number of hydrogen-bond acceptors (Lipinski definition) is 9. The predicted octanol–water partition coefficient (Wildman–Crippen LogP) is 0.413. The predicted molar refractivity (Wildman–Crippen MR) is 100 cm³/mol. The van der Waals surface area contributed by atoms with Crippen molar-refractivity contribution in [3.8, 4) is 0 Å². The van der Waals surface area contributed by atoms with Crippen LogP contribution in [-0.2, 0) is 14.2 Å². The van der Waals surface area contributed by atoms with E-state index >= 15 is 0 Å². The molecule has 0 amide bonds. The molecule has 0 spiro atoms. The molecule has 0 bridgehead atoms. The number of anilines is 1. The van der Waals surface area contributed by atoms with Crippen molar-refractivity contribution in [2.75, 3.05) is 38.4 Å². The molecule has 0 unspecified atom stereocenters. The van der Waals surface area contributed by atoms with Crippen molar-refractivity contribution in [3.05, 3.63) is 12.7 Å². The number of halogens is 1. The zero-order valence-electron chi connectivity index (χ0n) is 16.0. The van der Waals surface area contributed by atoms with Crippen molar-refractivity contribution in [1.29, 1.82) is 0 Å². The summed E-state index contributed by atoms with van der Waals surface area (Å²) >= 11 is 0. The van der Waals surface area contributed by atoms with Crippen LogP contribution in [0.25, 0.3) is 11.2 Å². The van der Waals surface area contributed by atoms with Crippen LogP contribution in [0.3, 0.4) is 0 Å². The molecular formula is C18H26FN5O5. The Hall–Kier alpha value is -1.92. The van der Waals surface area contributed by atoms with E-state index in [0.717, 1.165) is 12.8 Å². The number of fused-ring (bicyclic) bond motifs is 1. The van der Waals surface area contributed by atoms with E-state index < -0.39 is 31.2 Å². The molecule has 2 fully saturated rings. The molecule has 2 aromatic rings. The molecule has 2 aromatic heterocycles. The van der Waals surface area contributed by atoms with Crippen LogP contribution in [0, 0.1) is 0 Å². The Bertz CT molecular complexity index is 802. The third-order valence-electron chi connectivity index (χ3n) is 5.24. The summed E-state index contributed by atoms with van der Waals surface area (Å²) in [6.45, 7) is 1.23. The number of aliphatic hydroxyl groups excluding tert-OH is 2. The van der Waals surface area contributed by atoms with Crippen LogP contribution in [-0.4, -0.2) is 87.2 Å². The van der Waals surface area contributed by atoms with E-state index in [-0.39, 0.29) is 25.7 Å². The van der Waals surface area contributed by atoms with Crippen LogP contribution >= 0.6 is 0 Å². The number of aromatic nitrogens is 4. The van der Waals surface area contributed by atoms with Gasteiger partial charge in [0.15, 0.2) is 23.2 Å². The Balaban J connectivity index is 1.49. The van der Waals surface area contributed by atoms with Gasteiger partial charge >= 0.3 is 0 Å². The molecule has 0 saturated carbocycles. The Morgan fingerprint density at radius 1 is 1.21 bits per heavy atom. The van der Waals surface area contributed by atoms with Gasteiger partial charge in [0.1, 0.15) is 24.6 Å². The maximum atomic E-state index is 12.2. The van der Waals surface area contributed by atoms with Gasteiger partial charge < -0.3 is 29.7 Å². The first-order valence-corrected chi connectivity index (χ1v) is 9.86. The quantitative estimate of drug-likeness (QED) is 0.530. The van der Waals surface area contributed by atoms with Gasteiger partial charge in [-0.15, -0.1) is 0 Å². The molecule has 4 rings (SSSR count). The lowest BCUT2D eigenvalue weighted by Crippen LogP contribution is -2.34. The van der Waals surface area contributed by atoms with E-state index in [9.17, 15) is 14.6 Å². The van der Waals surface area contributed by atoms with Gasteiger partial charge in [-0.05, 0) is 19.3 Å². The summed E-state index contributed by atoms with van der Waals surface area (Å²) in [6.07, 6.45) is 1.08. The van der Waals surface area contributed by atoms with E-state index in [1.54, 1.807) is 4.57 Å². The molecule has 2 aliphatic rings. The highest BCUT2D eigenvalue weighted by Crippen LogP contribution is 2.32. The number of aliphatic hydroxyl groups is 2.